The van der Waals surface area contributed by atoms with Crippen LogP contribution in [0, 0.1) is 18.8 Å². The van der Waals surface area contributed by atoms with Crippen LogP contribution in [0.3, 0.4) is 0 Å². The largest absolute Gasteiger partial charge is 0.312 e. The van der Waals surface area contributed by atoms with E-state index in [1.807, 2.05) is 11.7 Å². The summed E-state index contributed by atoms with van der Waals surface area (Å²) in [5.74, 6) is 1.36. The fourth-order valence-electron chi connectivity index (χ4n) is 2.53. The molecule has 1 unspecified atom stereocenters. The normalized spacial score (nSPS) is 14.1. The number of rotatable bonds is 6. The summed E-state index contributed by atoms with van der Waals surface area (Å²) in [5.41, 5.74) is 2.56. The number of hydrogen-bond acceptors (Lipinski definition) is 2. The molecule has 0 fully saturated rings. The molecular weight excluding hydrogens is 314 g/mol. The summed E-state index contributed by atoms with van der Waals surface area (Å²) in [6, 6.07) is 0. The zero-order valence-corrected chi connectivity index (χ0v) is 15.6. The molecule has 3 nitrogen and oxygen atoms in total. The Morgan fingerprint density at radius 2 is 1.90 bits per heavy atom. The van der Waals surface area contributed by atoms with Crippen LogP contribution in [0.25, 0.3) is 0 Å². The Kier molecular flexibility index (Phi) is 6.26. The minimum atomic E-state index is 0.175. The van der Waals surface area contributed by atoms with Crippen molar-refractivity contribution in [3.05, 3.63) is 15.9 Å². The average Bonchev–Trinajstić information content (AvgIpc) is 2.51. The van der Waals surface area contributed by atoms with Gasteiger partial charge in [0.2, 0.25) is 0 Å². The van der Waals surface area contributed by atoms with Crippen LogP contribution in [0.5, 0.6) is 0 Å². The van der Waals surface area contributed by atoms with Crippen molar-refractivity contribution in [2.75, 3.05) is 6.54 Å². The van der Waals surface area contributed by atoms with E-state index in [2.05, 4.69) is 67.9 Å². The van der Waals surface area contributed by atoms with Crippen molar-refractivity contribution in [2.45, 2.75) is 59.9 Å². The number of hydrogen-bond donors (Lipinski definition) is 1. The number of nitrogens with one attached hydrogen (secondary N) is 1. The van der Waals surface area contributed by atoms with Crippen molar-refractivity contribution >= 4 is 15.9 Å². The molecule has 1 heterocycles. The van der Waals surface area contributed by atoms with Crippen LogP contribution in [-0.4, -0.2) is 21.9 Å². The van der Waals surface area contributed by atoms with Crippen molar-refractivity contribution in [2.24, 2.45) is 18.9 Å². The Balaban J connectivity index is 2.78. The zero-order chi connectivity index (χ0) is 15.5. The first-order valence-electron chi connectivity index (χ1n) is 7.53. The maximum absolute atomic E-state index is 4.50. The fraction of sp³-hybridized carbons (Fsp3) is 0.812. The van der Waals surface area contributed by atoms with E-state index < -0.39 is 0 Å². The molecule has 0 aliphatic carbocycles. The molecule has 1 atom stereocenters. The molecule has 0 bridgehead atoms. The molecule has 1 aromatic heterocycles. The first-order valence-corrected chi connectivity index (χ1v) is 8.32. The highest BCUT2D eigenvalue weighted by atomic mass is 79.9. The standard InChI is InChI=1S/C16H30BrN3/c1-11(2)8-13(10-18-16(4,5)6)9-14-15(17)12(3)19-20(14)7/h11,13,18H,8-10H2,1-7H3. The van der Waals surface area contributed by atoms with Crippen molar-refractivity contribution < 1.29 is 0 Å². The van der Waals surface area contributed by atoms with Gasteiger partial charge in [-0.3, -0.25) is 4.68 Å². The van der Waals surface area contributed by atoms with E-state index in [0.29, 0.717) is 5.92 Å². The van der Waals surface area contributed by atoms with E-state index in [1.165, 1.54) is 16.6 Å². The van der Waals surface area contributed by atoms with Crippen LogP contribution in [0.2, 0.25) is 0 Å². The van der Waals surface area contributed by atoms with Crippen LogP contribution < -0.4 is 5.32 Å². The predicted molar refractivity (Wildman–Crippen MR) is 90.0 cm³/mol. The number of aryl methyl sites for hydroxylation is 2. The molecule has 4 heteroatoms. The first kappa shape index (κ1) is 17.7. The van der Waals surface area contributed by atoms with Crippen molar-refractivity contribution in [3.63, 3.8) is 0 Å². The molecule has 0 saturated carbocycles. The van der Waals surface area contributed by atoms with E-state index in [0.717, 1.165) is 24.6 Å². The Bertz CT molecular complexity index is 430. The van der Waals surface area contributed by atoms with Gasteiger partial charge < -0.3 is 5.32 Å². The molecule has 1 N–H and O–H groups in total. The first-order chi connectivity index (χ1) is 9.10. The van der Waals surface area contributed by atoms with Gasteiger partial charge in [0.05, 0.1) is 15.9 Å². The van der Waals surface area contributed by atoms with Crippen molar-refractivity contribution in [3.8, 4) is 0 Å². The highest BCUT2D eigenvalue weighted by Gasteiger charge is 2.20. The Hall–Kier alpha value is -0.350. The van der Waals surface area contributed by atoms with Gasteiger partial charge >= 0.3 is 0 Å². The van der Waals surface area contributed by atoms with Crippen molar-refractivity contribution in [1.82, 2.24) is 15.1 Å². The average molecular weight is 344 g/mol. The molecule has 0 spiro atoms. The molecule has 0 aromatic carbocycles. The van der Waals surface area contributed by atoms with Gasteiger partial charge in [-0.1, -0.05) is 13.8 Å². The summed E-state index contributed by atoms with van der Waals surface area (Å²) in [6.07, 6.45) is 2.30. The zero-order valence-electron chi connectivity index (χ0n) is 14.0. The van der Waals surface area contributed by atoms with Gasteiger partial charge in [0, 0.05) is 12.6 Å². The summed E-state index contributed by atoms with van der Waals surface area (Å²) in [4.78, 5) is 0. The maximum atomic E-state index is 4.50. The molecular formula is C16H30BrN3. The van der Waals surface area contributed by atoms with Crippen LogP contribution in [0.4, 0.5) is 0 Å². The third kappa shape index (κ3) is 5.57. The summed E-state index contributed by atoms with van der Waals surface area (Å²) in [7, 11) is 2.04. The lowest BCUT2D eigenvalue weighted by Gasteiger charge is -2.26. The second-order valence-electron chi connectivity index (χ2n) is 7.30. The van der Waals surface area contributed by atoms with E-state index in [-0.39, 0.29) is 5.54 Å². The van der Waals surface area contributed by atoms with E-state index in [1.54, 1.807) is 0 Å². The number of halogens is 1. The molecule has 0 radical (unpaired) electrons. The van der Waals surface area contributed by atoms with Gasteiger partial charge in [-0.15, -0.1) is 0 Å². The molecule has 1 aromatic rings. The number of aromatic nitrogens is 2. The molecule has 0 saturated heterocycles. The highest BCUT2D eigenvalue weighted by Crippen LogP contribution is 2.25. The molecule has 0 aliphatic rings. The van der Waals surface area contributed by atoms with Gasteiger partial charge in [-0.25, -0.2) is 0 Å². The molecule has 116 valence electrons. The maximum Gasteiger partial charge on any atom is 0.0738 e. The number of nitrogens with zero attached hydrogens (tertiary/aromatic N) is 2. The lowest BCUT2D eigenvalue weighted by molar-refractivity contribution is 0.327. The summed E-state index contributed by atoms with van der Waals surface area (Å²) < 4.78 is 3.19. The van der Waals surface area contributed by atoms with E-state index in [9.17, 15) is 0 Å². The van der Waals surface area contributed by atoms with Crippen LogP contribution in [0.1, 0.15) is 52.4 Å². The topological polar surface area (TPSA) is 29.9 Å². The van der Waals surface area contributed by atoms with Crippen LogP contribution >= 0.6 is 15.9 Å². The minimum Gasteiger partial charge on any atom is -0.312 e. The second kappa shape index (κ2) is 7.08. The highest BCUT2D eigenvalue weighted by molar-refractivity contribution is 9.10. The van der Waals surface area contributed by atoms with Crippen LogP contribution in [0.15, 0.2) is 4.47 Å². The summed E-state index contributed by atoms with van der Waals surface area (Å²) in [6.45, 7) is 14.4. The lowest BCUT2D eigenvalue weighted by atomic mass is 9.91. The predicted octanol–water partition coefficient (Wildman–Crippen LogP) is 4.08. The van der Waals surface area contributed by atoms with Crippen LogP contribution in [-0.2, 0) is 13.5 Å². The third-order valence-corrected chi connectivity index (χ3v) is 4.50. The fourth-order valence-corrected chi connectivity index (χ4v) is 3.03. The third-order valence-electron chi connectivity index (χ3n) is 3.47. The smallest absolute Gasteiger partial charge is 0.0738 e. The Labute approximate surface area is 132 Å². The second-order valence-corrected chi connectivity index (χ2v) is 8.09. The van der Waals surface area contributed by atoms with Gasteiger partial charge in [0.25, 0.3) is 0 Å². The van der Waals surface area contributed by atoms with Crippen molar-refractivity contribution in [1.29, 1.82) is 0 Å². The Morgan fingerprint density at radius 3 is 2.30 bits per heavy atom. The van der Waals surface area contributed by atoms with E-state index >= 15 is 0 Å². The molecule has 0 amide bonds. The van der Waals surface area contributed by atoms with E-state index in [4.69, 9.17) is 0 Å². The quantitative estimate of drug-likeness (QED) is 0.843. The molecule has 0 aliphatic heterocycles. The summed E-state index contributed by atoms with van der Waals surface area (Å²) >= 11 is 3.68. The minimum absolute atomic E-state index is 0.175. The summed E-state index contributed by atoms with van der Waals surface area (Å²) in [5, 5.41) is 8.15. The molecule has 1 rings (SSSR count). The van der Waals surface area contributed by atoms with Gasteiger partial charge in [0.15, 0.2) is 0 Å². The molecule has 20 heavy (non-hydrogen) atoms. The van der Waals surface area contributed by atoms with Gasteiger partial charge in [-0.2, -0.15) is 5.10 Å². The monoisotopic (exact) mass is 343 g/mol. The van der Waals surface area contributed by atoms with Gasteiger partial charge in [-0.05, 0) is 74.8 Å². The lowest BCUT2D eigenvalue weighted by Crippen LogP contribution is -2.40. The Morgan fingerprint density at radius 1 is 1.30 bits per heavy atom. The SMILES string of the molecule is Cc1nn(C)c(CC(CNC(C)(C)C)CC(C)C)c1Br. The van der Waals surface area contributed by atoms with Gasteiger partial charge in [0.1, 0.15) is 0 Å².